The van der Waals surface area contributed by atoms with Crippen LogP contribution in [0, 0.1) is 5.41 Å². The third-order valence-electron chi connectivity index (χ3n) is 3.22. The van der Waals surface area contributed by atoms with E-state index in [1.54, 1.807) is 24.3 Å². The summed E-state index contributed by atoms with van der Waals surface area (Å²) in [5.74, 6) is -0.0425. The Bertz CT molecular complexity index is 500. The van der Waals surface area contributed by atoms with Crippen molar-refractivity contribution in [3.05, 3.63) is 35.4 Å². The zero-order valence-electron chi connectivity index (χ0n) is 12.0. The van der Waals surface area contributed by atoms with E-state index in [2.05, 4.69) is 4.72 Å². The van der Waals surface area contributed by atoms with Crippen LogP contribution in [0.5, 0.6) is 0 Å². The summed E-state index contributed by atoms with van der Waals surface area (Å²) in [6.45, 7) is 7.82. The van der Waals surface area contributed by atoms with Crippen LogP contribution >= 0.6 is 0 Å². The molecule has 0 aliphatic carbocycles. The highest BCUT2D eigenvalue weighted by molar-refractivity contribution is 7.88. The SMILES string of the molecule is CC(NS(=O)(=O)Cc1ccc(CO)cc1)C(C)(C)C. The molecule has 1 aromatic carbocycles. The number of hydrogen-bond acceptors (Lipinski definition) is 3. The Morgan fingerprint density at radius 1 is 1.16 bits per heavy atom. The lowest BCUT2D eigenvalue weighted by atomic mass is 9.89. The van der Waals surface area contributed by atoms with Crippen LogP contribution in [0.25, 0.3) is 0 Å². The van der Waals surface area contributed by atoms with Gasteiger partial charge in [-0.15, -0.1) is 0 Å². The first-order valence-electron chi connectivity index (χ1n) is 6.33. The summed E-state index contributed by atoms with van der Waals surface area (Å²) in [7, 11) is -3.35. The zero-order valence-corrected chi connectivity index (χ0v) is 12.8. The summed E-state index contributed by atoms with van der Waals surface area (Å²) in [5.41, 5.74) is 1.37. The van der Waals surface area contributed by atoms with Gasteiger partial charge in [-0.05, 0) is 23.5 Å². The average molecular weight is 285 g/mol. The average Bonchev–Trinajstić information content (AvgIpc) is 2.27. The number of benzene rings is 1. The van der Waals surface area contributed by atoms with E-state index in [0.717, 1.165) is 5.56 Å². The van der Waals surface area contributed by atoms with Crippen molar-refractivity contribution >= 4 is 10.0 Å². The molecule has 5 heteroatoms. The van der Waals surface area contributed by atoms with Crippen LogP contribution in [-0.4, -0.2) is 19.6 Å². The minimum Gasteiger partial charge on any atom is -0.392 e. The van der Waals surface area contributed by atoms with Gasteiger partial charge < -0.3 is 5.11 Å². The van der Waals surface area contributed by atoms with Gasteiger partial charge in [-0.25, -0.2) is 13.1 Å². The molecular weight excluding hydrogens is 262 g/mol. The lowest BCUT2D eigenvalue weighted by Crippen LogP contribution is -2.41. The molecule has 0 saturated heterocycles. The fourth-order valence-corrected chi connectivity index (χ4v) is 3.05. The van der Waals surface area contributed by atoms with Crippen molar-refractivity contribution in [2.45, 2.75) is 46.1 Å². The van der Waals surface area contributed by atoms with Crippen molar-refractivity contribution in [1.82, 2.24) is 4.72 Å². The van der Waals surface area contributed by atoms with Crippen molar-refractivity contribution < 1.29 is 13.5 Å². The van der Waals surface area contributed by atoms with Crippen molar-refractivity contribution in [2.75, 3.05) is 0 Å². The molecule has 0 amide bonds. The van der Waals surface area contributed by atoms with Gasteiger partial charge in [0.25, 0.3) is 0 Å². The largest absolute Gasteiger partial charge is 0.392 e. The third kappa shape index (κ3) is 5.30. The van der Waals surface area contributed by atoms with Gasteiger partial charge in [0.15, 0.2) is 0 Å². The Balaban J connectivity index is 2.74. The first-order valence-corrected chi connectivity index (χ1v) is 7.98. The molecule has 0 aromatic heterocycles. The Labute approximate surface area is 115 Å². The summed E-state index contributed by atoms with van der Waals surface area (Å²) in [4.78, 5) is 0. The van der Waals surface area contributed by atoms with Crippen LogP contribution in [0.1, 0.15) is 38.8 Å². The number of nitrogens with one attached hydrogen (secondary N) is 1. The molecule has 0 fully saturated rings. The molecule has 1 atom stereocenters. The first kappa shape index (κ1) is 16.1. The Morgan fingerprint density at radius 2 is 1.63 bits per heavy atom. The van der Waals surface area contributed by atoms with Gasteiger partial charge in [0.1, 0.15) is 0 Å². The van der Waals surface area contributed by atoms with E-state index < -0.39 is 10.0 Å². The van der Waals surface area contributed by atoms with Crippen molar-refractivity contribution in [3.63, 3.8) is 0 Å². The van der Waals surface area contributed by atoms with Gasteiger partial charge in [0.2, 0.25) is 10.0 Å². The quantitative estimate of drug-likeness (QED) is 0.870. The van der Waals surface area contributed by atoms with E-state index in [1.807, 2.05) is 27.7 Å². The first-order chi connectivity index (χ1) is 8.64. The highest BCUT2D eigenvalue weighted by Gasteiger charge is 2.24. The second-order valence-corrected chi connectivity index (χ2v) is 7.69. The summed E-state index contributed by atoms with van der Waals surface area (Å²) < 4.78 is 26.8. The summed E-state index contributed by atoms with van der Waals surface area (Å²) in [5, 5.41) is 8.94. The molecule has 0 heterocycles. The lowest BCUT2D eigenvalue weighted by Gasteiger charge is -2.27. The molecule has 1 aromatic rings. The summed E-state index contributed by atoms with van der Waals surface area (Å²) in [6.07, 6.45) is 0. The van der Waals surface area contributed by atoms with E-state index in [4.69, 9.17) is 5.11 Å². The topological polar surface area (TPSA) is 66.4 Å². The highest BCUT2D eigenvalue weighted by atomic mass is 32.2. The molecule has 0 spiro atoms. The maximum atomic E-state index is 12.1. The van der Waals surface area contributed by atoms with Crippen LogP contribution < -0.4 is 4.72 Å². The van der Waals surface area contributed by atoms with Gasteiger partial charge in [-0.3, -0.25) is 0 Å². The number of rotatable bonds is 5. The minimum absolute atomic E-state index is 0.0354. The molecule has 1 unspecified atom stereocenters. The molecule has 0 saturated carbocycles. The zero-order chi connectivity index (χ0) is 14.7. The predicted molar refractivity (Wildman–Crippen MR) is 77.0 cm³/mol. The van der Waals surface area contributed by atoms with Gasteiger partial charge >= 0.3 is 0 Å². The van der Waals surface area contributed by atoms with E-state index in [-0.39, 0.29) is 23.8 Å². The summed E-state index contributed by atoms with van der Waals surface area (Å²) in [6, 6.07) is 6.80. The van der Waals surface area contributed by atoms with Crippen LogP contribution in [0.15, 0.2) is 24.3 Å². The van der Waals surface area contributed by atoms with Crippen LogP contribution in [-0.2, 0) is 22.4 Å². The van der Waals surface area contributed by atoms with Crippen molar-refractivity contribution in [3.8, 4) is 0 Å². The Morgan fingerprint density at radius 3 is 2.05 bits per heavy atom. The molecule has 0 aliphatic rings. The number of aliphatic hydroxyl groups excluding tert-OH is 1. The lowest BCUT2D eigenvalue weighted by molar-refractivity contribution is 0.282. The fraction of sp³-hybridized carbons (Fsp3) is 0.571. The third-order valence-corrected chi connectivity index (χ3v) is 4.64. The fourth-order valence-electron chi connectivity index (χ4n) is 1.45. The Hall–Kier alpha value is -0.910. The second kappa shape index (κ2) is 6.03. The van der Waals surface area contributed by atoms with Gasteiger partial charge in [0, 0.05) is 6.04 Å². The number of hydrogen-bond donors (Lipinski definition) is 2. The second-order valence-electron chi connectivity index (χ2n) is 5.94. The van der Waals surface area contributed by atoms with Crippen LogP contribution in [0.2, 0.25) is 0 Å². The van der Waals surface area contributed by atoms with Crippen molar-refractivity contribution in [2.24, 2.45) is 5.41 Å². The molecule has 108 valence electrons. The number of aliphatic hydroxyl groups is 1. The Kier molecular flexibility index (Phi) is 5.12. The maximum absolute atomic E-state index is 12.1. The smallest absolute Gasteiger partial charge is 0.216 e. The highest BCUT2D eigenvalue weighted by Crippen LogP contribution is 2.20. The predicted octanol–water partition coefficient (Wildman–Crippen LogP) is 2.03. The molecule has 0 radical (unpaired) electrons. The maximum Gasteiger partial charge on any atom is 0.216 e. The molecule has 2 N–H and O–H groups in total. The summed E-state index contributed by atoms with van der Waals surface area (Å²) >= 11 is 0. The molecule has 0 aliphatic heterocycles. The van der Waals surface area contributed by atoms with E-state index in [1.165, 1.54) is 0 Å². The molecular formula is C14H23NO3S. The molecule has 1 rings (SSSR count). The van der Waals surface area contributed by atoms with E-state index in [9.17, 15) is 8.42 Å². The molecule has 0 bridgehead atoms. The van der Waals surface area contributed by atoms with Gasteiger partial charge in [-0.1, -0.05) is 45.0 Å². The minimum atomic E-state index is -3.35. The van der Waals surface area contributed by atoms with Crippen LogP contribution in [0.4, 0.5) is 0 Å². The molecule has 19 heavy (non-hydrogen) atoms. The van der Waals surface area contributed by atoms with Crippen LogP contribution in [0.3, 0.4) is 0 Å². The van der Waals surface area contributed by atoms with E-state index >= 15 is 0 Å². The number of sulfonamides is 1. The van der Waals surface area contributed by atoms with Gasteiger partial charge in [0.05, 0.1) is 12.4 Å². The van der Waals surface area contributed by atoms with Crippen molar-refractivity contribution in [1.29, 1.82) is 0 Å². The standard InChI is InChI=1S/C14H23NO3S/c1-11(14(2,3)4)15-19(17,18)10-13-7-5-12(9-16)6-8-13/h5-8,11,15-16H,9-10H2,1-4H3. The van der Waals surface area contributed by atoms with Gasteiger partial charge in [-0.2, -0.15) is 0 Å². The monoisotopic (exact) mass is 285 g/mol. The van der Waals surface area contributed by atoms with E-state index in [0.29, 0.717) is 5.56 Å². The normalized spacial score (nSPS) is 14.4. The molecule has 4 nitrogen and oxygen atoms in total.